The molecule has 0 aromatic carbocycles. The monoisotopic (exact) mass is 257 g/mol. The summed E-state index contributed by atoms with van der Waals surface area (Å²) in [7, 11) is 0.836. The van der Waals surface area contributed by atoms with Crippen LogP contribution in [0.3, 0.4) is 0 Å². The van der Waals surface area contributed by atoms with Gasteiger partial charge in [-0.05, 0) is 24.7 Å². The van der Waals surface area contributed by atoms with Gasteiger partial charge in [0.1, 0.15) is 15.7 Å². The molecular weight excluding hydrogens is 238 g/mol. The summed E-state index contributed by atoms with van der Waals surface area (Å²) in [5, 5.41) is 2.97. The number of pyridine rings is 1. The third-order valence-corrected chi connectivity index (χ3v) is 3.30. The molecule has 0 unspecified atom stereocenters. The van der Waals surface area contributed by atoms with Crippen molar-refractivity contribution in [2.45, 2.75) is 6.54 Å². The molecule has 1 aromatic rings. The van der Waals surface area contributed by atoms with Crippen molar-refractivity contribution in [1.82, 2.24) is 9.88 Å². The fourth-order valence-electron chi connectivity index (χ4n) is 1.42. The minimum absolute atomic E-state index is 0.188. The van der Waals surface area contributed by atoms with Gasteiger partial charge >= 0.3 is 0 Å². The molecule has 5 nitrogen and oxygen atoms in total. The molecule has 0 aliphatic rings. The Hall–Kier alpha value is -1.14. The SMILES string of the molecule is CNc1cc(CN(C)CCS(C)(=O)=O)ccn1. The van der Waals surface area contributed by atoms with Crippen LogP contribution in [0.15, 0.2) is 18.3 Å². The van der Waals surface area contributed by atoms with Crippen molar-refractivity contribution in [1.29, 1.82) is 0 Å². The summed E-state index contributed by atoms with van der Waals surface area (Å²) < 4.78 is 22.1. The Balaban J connectivity index is 2.52. The van der Waals surface area contributed by atoms with Crippen molar-refractivity contribution >= 4 is 15.7 Å². The second-order valence-corrected chi connectivity index (χ2v) is 6.43. The molecule has 17 heavy (non-hydrogen) atoms. The zero-order valence-corrected chi connectivity index (χ0v) is 11.3. The molecule has 0 spiro atoms. The van der Waals surface area contributed by atoms with E-state index >= 15 is 0 Å². The summed E-state index contributed by atoms with van der Waals surface area (Å²) in [5.41, 5.74) is 1.11. The first kappa shape index (κ1) is 13.9. The van der Waals surface area contributed by atoms with Gasteiger partial charge in [-0.25, -0.2) is 13.4 Å². The van der Waals surface area contributed by atoms with E-state index < -0.39 is 9.84 Å². The first-order valence-corrected chi connectivity index (χ1v) is 7.46. The average Bonchev–Trinajstić information content (AvgIpc) is 2.26. The topological polar surface area (TPSA) is 62.3 Å². The molecule has 0 bridgehead atoms. The van der Waals surface area contributed by atoms with Crippen molar-refractivity contribution in [2.75, 3.05) is 38.0 Å². The van der Waals surface area contributed by atoms with Crippen LogP contribution < -0.4 is 5.32 Å². The summed E-state index contributed by atoms with van der Waals surface area (Å²) in [6.07, 6.45) is 3.00. The molecule has 0 atom stereocenters. The Morgan fingerprint density at radius 1 is 1.47 bits per heavy atom. The van der Waals surface area contributed by atoms with Crippen LogP contribution in [0.4, 0.5) is 5.82 Å². The Bertz CT molecular complexity index is 460. The maximum Gasteiger partial charge on any atom is 0.148 e. The molecule has 0 saturated heterocycles. The van der Waals surface area contributed by atoms with Crippen molar-refractivity contribution in [2.24, 2.45) is 0 Å². The zero-order chi connectivity index (χ0) is 12.9. The molecule has 1 rings (SSSR count). The lowest BCUT2D eigenvalue weighted by atomic mass is 10.2. The summed E-state index contributed by atoms with van der Waals surface area (Å²) in [6, 6.07) is 3.88. The minimum Gasteiger partial charge on any atom is -0.373 e. The summed E-state index contributed by atoms with van der Waals surface area (Å²) >= 11 is 0. The van der Waals surface area contributed by atoms with E-state index in [1.54, 1.807) is 6.20 Å². The van der Waals surface area contributed by atoms with Crippen LogP contribution in [0.25, 0.3) is 0 Å². The van der Waals surface area contributed by atoms with Gasteiger partial charge in [0.05, 0.1) is 5.75 Å². The van der Waals surface area contributed by atoms with E-state index in [0.29, 0.717) is 13.1 Å². The fourth-order valence-corrected chi connectivity index (χ4v) is 2.07. The molecule has 1 N–H and O–H groups in total. The van der Waals surface area contributed by atoms with Crippen molar-refractivity contribution in [3.05, 3.63) is 23.9 Å². The molecule has 6 heteroatoms. The van der Waals surface area contributed by atoms with E-state index in [0.717, 1.165) is 11.4 Å². The average molecular weight is 257 g/mol. The van der Waals surface area contributed by atoms with Crippen LogP contribution in [0.2, 0.25) is 0 Å². The number of hydrogen-bond donors (Lipinski definition) is 1. The quantitative estimate of drug-likeness (QED) is 0.808. The molecule has 96 valence electrons. The fraction of sp³-hybridized carbons (Fsp3) is 0.545. The van der Waals surface area contributed by atoms with Crippen LogP contribution in [0, 0.1) is 0 Å². The van der Waals surface area contributed by atoms with Gasteiger partial charge in [0, 0.05) is 32.6 Å². The number of aromatic nitrogens is 1. The number of nitrogens with zero attached hydrogens (tertiary/aromatic N) is 2. The first-order valence-electron chi connectivity index (χ1n) is 5.39. The van der Waals surface area contributed by atoms with Gasteiger partial charge in [0.25, 0.3) is 0 Å². The first-order chi connectivity index (χ1) is 7.90. The molecule has 1 aromatic heterocycles. The second-order valence-electron chi connectivity index (χ2n) is 4.17. The van der Waals surface area contributed by atoms with Gasteiger partial charge in [0.15, 0.2) is 0 Å². The van der Waals surface area contributed by atoms with Crippen molar-refractivity contribution < 1.29 is 8.42 Å². The molecular formula is C11H19N3O2S. The largest absolute Gasteiger partial charge is 0.373 e. The number of anilines is 1. The maximum absolute atomic E-state index is 11.0. The Kier molecular flexibility index (Phi) is 4.89. The van der Waals surface area contributed by atoms with Crippen LogP contribution >= 0.6 is 0 Å². The van der Waals surface area contributed by atoms with Gasteiger partial charge in [-0.1, -0.05) is 0 Å². The van der Waals surface area contributed by atoms with E-state index in [1.807, 2.05) is 31.1 Å². The van der Waals surface area contributed by atoms with Gasteiger partial charge in [-0.2, -0.15) is 0 Å². The second kappa shape index (κ2) is 5.97. The molecule has 1 heterocycles. The Morgan fingerprint density at radius 3 is 2.76 bits per heavy atom. The van der Waals surface area contributed by atoms with Crippen molar-refractivity contribution in [3.63, 3.8) is 0 Å². The molecule has 0 aliphatic heterocycles. The van der Waals surface area contributed by atoms with Crippen LogP contribution in [-0.2, 0) is 16.4 Å². The highest BCUT2D eigenvalue weighted by molar-refractivity contribution is 7.90. The highest BCUT2D eigenvalue weighted by atomic mass is 32.2. The number of rotatable bonds is 6. The zero-order valence-electron chi connectivity index (χ0n) is 10.5. The highest BCUT2D eigenvalue weighted by Crippen LogP contribution is 2.08. The minimum atomic E-state index is -2.89. The van der Waals surface area contributed by atoms with Crippen molar-refractivity contribution in [3.8, 4) is 0 Å². The smallest absolute Gasteiger partial charge is 0.148 e. The molecule has 0 amide bonds. The highest BCUT2D eigenvalue weighted by Gasteiger charge is 2.06. The number of hydrogen-bond acceptors (Lipinski definition) is 5. The molecule has 0 aliphatic carbocycles. The van der Waals surface area contributed by atoms with E-state index in [1.165, 1.54) is 6.26 Å². The normalized spacial score (nSPS) is 11.8. The third kappa shape index (κ3) is 5.65. The number of nitrogens with one attached hydrogen (secondary N) is 1. The third-order valence-electron chi connectivity index (χ3n) is 2.38. The van der Waals surface area contributed by atoms with Crippen LogP contribution in [0.5, 0.6) is 0 Å². The lowest BCUT2D eigenvalue weighted by molar-refractivity contribution is 0.346. The van der Waals surface area contributed by atoms with Gasteiger partial charge < -0.3 is 10.2 Å². The summed E-state index contributed by atoms with van der Waals surface area (Å²) in [6.45, 7) is 1.25. The molecule has 0 radical (unpaired) electrons. The van der Waals surface area contributed by atoms with Crippen LogP contribution in [-0.4, -0.2) is 51.0 Å². The number of sulfone groups is 1. The van der Waals surface area contributed by atoms with Gasteiger partial charge in [-0.3, -0.25) is 0 Å². The van der Waals surface area contributed by atoms with E-state index in [4.69, 9.17) is 0 Å². The Morgan fingerprint density at radius 2 is 2.18 bits per heavy atom. The standard InChI is InChI=1S/C11H19N3O2S/c1-12-11-8-10(4-5-13-11)9-14(2)6-7-17(3,15)16/h4-5,8H,6-7,9H2,1-3H3,(H,12,13). The Labute approximate surface area is 103 Å². The summed E-state index contributed by atoms with van der Waals surface area (Å²) in [5.74, 6) is 1.01. The predicted molar refractivity (Wildman–Crippen MR) is 69.8 cm³/mol. The summed E-state index contributed by atoms with van der Waals surface area (Å²) in [4.78, 5) is 6.11. The molecule has 0 saturated carbocycles. The maximum atomic E-state index is 11.0. The lowest BCUT2D eigenvalue weighted by Gasteiger charge is -2.16. The van der Waals surface area contributed by atoms with E-state index in [2.05, 4.69) is 10.3 Å². The van der Waals surface area contributed by atoms with Gasteiger partial charge in [0.2, 0.25) is 0 Å². The van der Waals surface area contributed by atoms with E-state index in [9.17, 15) is 8.42 Å². The van der Waals surface area contributed by atoms with E-state index in [-0.39, 0.29) is 5.75 Å². The van der Waals surface area contributed by atoms with Crippen LogP contribution in [0.1, 0.15) is 5.56 Å². The van der Waals surface area contributed by atoms with Gasteiger partial charge in [-0.15, -0.1) is 0 Å². The molecule has 0 fully saturated rings. The lowest BCUT2D eigenvalue weighted by Crippen LogP contribution is -2.24. The predicted octanol–water partition coefficient (Wildman–Crippen LogP) is 0.600.